The zero-order valence-electron chi connectivity index (χ0n) is 13.5. The molecule has 126 valence electrons. The SMILES string of the molecule is O=C(CN1CCCCC1)Nc1ccc(SN2CCOCC2)cc1. The number of nitrogens with one attached hydrogen (secondary N) is 1. The number of hydrogen-bond acceptors (Lipinski definition) is 5. The van der Waals surface area contributed by atoms with Crippen LogP contribution in [0.5, 0.6) is 0 Å². The van der Waals surface area contributed by atoms with Gasteiger partial charge in [-0.15, -0.1) is 0 Å². The highest BCUT2D eigenvalue weighted by molar-refractivity contribution is 7.97. The van der Waals surface area contributed by atoms with Crippen molar-refractivity contribution in [3.05, 3.63) is 24.3 Å². The molecule has 0 bridgehead atoms. The smallest absolute Gasteiger partial charge is 0.238 e. The second-order valence-corrected chi connectivity index (χ2v) is 7.21. The molecule has 0 atom stereocenters. The maximum absolute atomic E-state index is 12.1. The molecule has 0 saturated carbocycles. The predicted molar refractivity (Wildman–Crippen MR) is 93.6 cm³/mol. The van der Waals surface area contributed by atoms with Crippen LogP contribution in [0.3, 0.4) is 0 Å². The average Bonchev–Trinajstić information content (AvgIpc) is 2.58. The van der Waals surface area contributed by atoms with Crippen molar-refractivity contribution in [2.45, 2.75) is 24.2 Å². The summed E-state index contributed by atoms with van der Waals surface area (Å²) in [6.07, 6.45) is 3.71. The van der Waals surface area contributed by atoms with E-state index in [1.807, 2.05) is 12.1 Å². The van der Waals surface area contributed by atoms with Crippen molar-refractivity contribution in [3.8, 4) is 0 Å². The van der Waals surface area contributed by atoms with E-state index in [2.05, 4.69) is 26.7 Å². The standard InChI is InChI=1S/C17H25N3O2S/c21-17(14-19-8-2-1-3-9-19)18-15-4-6-16(7-5-15)23-20-10-12-22-13-11-20/h4-7H,1-3,8-14H2,(H,18,21). The van der Waals surface area contributed by atoms with Crippen molar-refractivity contribution < 1.29 is 9.53 Å². The number of carbonyl (C=O) groups is 1. The highest BCUT2D eigenvalue weighted by Gasteiger charge is 2.14. The Balaban J connectivity index is 1.45. The molecule has 1 N–H and O–H groups in total. The van der Waals surface area contributed by atoms with E-state index in [1.165, 1.54) is 24.2 Å². The molecular formula is C17H25N3O2S. The van der Waals surface area contributed by atoms with Gasteiger partial charge in [0.25, 0.3) is 0 Å². The van der Waals surface area contributed by atoms with Crippen LogP contribution >= 0.6 is 11.9 Å². The third kappa shape index (κ3) is 5.49. The van der Waals surface area contributed by atoms with Crippen LogP contribution in [0.1, 0.15) is 19.3 Å². The molecule has 0 spiro atoms. The zero-order chi connectivity index (χ0) is 15.9. The van der Waals surface area contributed by atoms with Gasteiger partial charge in [-0.1, -0.05) is 6.42 Å². The van der Waals surface area contributed by atoms with E-state index in [9.17, 15) is 4.79 Å². The van der Waals surface area contributed by atoms with Crippen LogP contribution in [-0.4, -0.2) is 61.0 Å². The van der Waals surface area contributed by atoms with Crippen molar-refractivity contribution in [2.75, 3.05) is 51.3 Å². The van der Waals surface area contributed by atoms with Gasteiger partial charge in [0.05, 0.1) is 19.8 Å². The van der Waals surface area contributed by atoms with Gasteiger partial charge in [-0.05, 0) is 62.1 Å². The number of piperidine rings is 1. The topological polar surface area (TPSA) is 44.8 Å². The first-order chi connectivity index (χ1) is 11.3. The average molecular weight is 335 g/mol. The summed E-state index contributed by atoms with van der Waals surface area (Å²) < 4.78 is 7.67. The van der Waals surface area contributed by atoms with Crippen LogP contribution in [0.2, 0.25) is 0 Å². The van der Waals surface area contributed by atoms with E-state index in [-0.39, 0.29) is 5.91 Å². The lowest BCUT2D eigenvalue weighted by molar-refractivity contribution is -0.117. The number of amides is 1. The number of morpholine rings is 1. The van der Waals surface area contributed by atoms with E-state index < -0.39 is 0 Å². The van der Waals surface area contributed by atoms with Crippen LogP contribution in [0.15, 0.2) is 29.2 Å². The highest BCUT2D eigenvalue weighted by atomic mass is 32.2. The van der Waals surface area contributed by atoms with Crippen LogP contribution in [0.25, 0.3) is 0 Å². The number of ether oxygens (including phenoxy) is 1. The summed E-state index contributed by atoms with van der Waals surface area (Å²) in [7, 11) is 0. The highest BCUT2D eigenvalue weighted by Crippen LogP contribution is 2.24. The summed E-state index contributed by atoms with van der Waals surface area (Å²) in [5, 5.41) is 3.00. The van der Waals surface area contributed by atoms with Crippen molar-refractivity contribution in [2.24, 2.45) is 0 Å². The normalized spacial score (nSPS) is 20.3. The summed E-state index contributed by atoms with van der Waals surface area (Å²) >= 11 is 1.75. The number of likely N-dealkylation sites (tertiary alicyclic amines) is 1. The van der Waals surface area contributed by atoms with Gasteiger partial charge >= 0.3 is 0 Å². The third-order valence-corrected chi connectivity index (χ3v) is 5.26. The summed E-state index contributed by atoms with van der Waals surface area (Å²) in [5.41, 5.74) is 0.873. The molecule has 1 amide bonds. The molecule has 5 nitrogen and oxygen atoms in total. The Bertz CT molecular complexity index is 497. The summed E-state index contributed by atoms with van der Waals surface area (Å²) in [5.74, 6) is 0.0838. The molecule has 2 saturated heterocycles. The minimum atomic E-state index is 0.0838. The van der Waals surface area contributed by atoms with Crippen molar-refractivity contribution >= 4 is 23.5 Å². The van der Waals surface area contributed by atoms with Gasteiger partial charge in [0.1, 0.15) is 0 Å². The van der Waals surface area contributed by atoms with Gasteiger partial charge in [-0.25, -0.2) is 4.31 Å². The van der Waals surface area contributed by atoms with E-state index in [1.54, 1.807) is 11.9 Å². The summed E-state index contributed by atoms with van der Waals surface area (Å²) in [6.45, 7) is 6.11. The first-order valence-corrected chi connectivity index (χ1v) is 9.20. The molecule has 1 aromatic rings. The number of nitrogens with zero attached hydrogens (tertiary/aromatic N) is 2. The first kappa shape index (κ1) is 16.8. The van der Waals surface area contributed by atoms with Crippen LogP contribution in [-0.2, 0) is 9.53 Å². The molecule has 0 aromatic heterocycles. The second-order valence-electron chi connectivity index (χ2n) is 6.04. The fraction of sp³-hybridized carbons (Fsp3) is 0.588. The molecule has 6 heteroatoms. The van der Waals surface area contributed by atoms with Crippen LogP contribution < -0.4 is 5.32 Å². The monoisotopic (exact) mass is 335 g/mol. The molecule has 2 fully saturated rings. The van der Waals surface area contributed by atoms with Gasteiger partial charge in [0, 0.05) is 23.7 Å². The van der Waals surface area contributed by atoms with Crippen molar-refractivity contribution in [1.82, 2.24) is 9.21 Å². The molecule has 23 heavy (non-hydrogen) atoms. The quantitative estimate of drug-likeness (QED) is 0.838. The fourth-order valence-corrected chi connectivity index (χ4v) is 3.79. The molecular weight excluding hydrogens is 310 g/mol. The lowest BCUT2D eigenvalue weighted by Gasteiger charge is -2.26. The number of benzene rings is 1. The molecule has 0 unspecified atom stereocenters. The summed E-state index contributed by atoms with van der Waals surface area (Å²) in [4.78, 5) is 15.5. The molecule has 2 aliphatic rings. The Morgan fingerprint density at radius 1 is 1.04 bits per heavy atom. The maximum Gasteiger partial charge on any atom is 0.238 e. The second kappa shape index (κ2) is 8.68. The van der Waals surface area contributed by atoms with E-state index >= 15 is 0 Å². The van der Waals surface area contributed by atoms with E-state index in [0.29, 0.717) is 6.54 Å². The zero-order valence-corrected chi connectivity index (χ0v) is 14.3. The Hall–Kier alpha value is -1.08. The maximum atomic E-state index is 12.1. The van der Waals surface area contributed by atoms with Gasteiger partial charge in [-0.3, -0.25) is 9.69 Å². The van der Waals surface area contributed by atoms with Crippen molar-refractivity contribution in [1.29, 1.82) is 0 Å². The number of anilines is 1. The molecule has 0 radical (unpaired) electrons. The minimum absolute atomic E-state index is 0.0838. The minimum Gasteiger partial charge on any atom is -0.379 e. The van der Waals surface area contributed by atoms with Gasteiger partial charge in [0.2, 0.25) is 5.91 Å². The third-order valence-electron chi connectivity index (χ3n) is 4.16. The Labute approximate surface area is 142 Å². The molecule has 2 aliphatic heterocycles. The molecule has 2 heterocycles. The Morgan fingerprint density at radius 2 is 1.74 bits per heavy atom. The first-order valence-electron chi connectivity index (χ1n) is 8.42. The van der Waals surface area contributed by atoms with E-state index in [0.717, 1.165) is 45.1 Å². The number of hydrogen-bond donors (Lipinski definition) is 1. The van der Waals surface area contributed by atoms with Crippen LogP contribution in [0.4, 0.5) is 5.69 Å². The Kier molecular flexibility index (Phi) is 6.33. The fourth-order valence-electron chi connectivity index (χ4n) is 2.91. The predicted octanol–water partition coefficient (Wildman–Crippen LogP) is 2.45. The lowest BCUT2D eigenvalue weighted by atomic mass is 10.1. The number of rotatable bonds is 5. The number of carbonyl (C=O) groups excluding carboxylic acids is 1. The lowest BCUT2D eigenvalue weighted by Crippen LogP contribution is -2.36. The van der Waals surface area contributed by atoms with Gasteiger partial charge < -0.3 is 10.1 Å². The molecule has 0 aliphatic carbocycles. The largest absolute Gasteiger partial charge is 0.379 e. The Morgan fingerprint density at radius 3 is 2.43 bits per heavy atom. The van der Waals surface area contributed by atoms with Gasteiger partial charge in [0.15, 0.2) is 0 Å². The summed E-state index contributed by atoms with van der Waals surface area (Å²) in [6, 6.07) is 8.10. The van der Waals surface area contributed by atoms with Crippen molar-refractivity contribution in [3.63, 3.8) is 0 Å². The molecule has 1 aromatic carbocycles. The van der Waals surface area contributed by atoms with Gasteiger partial charge in [-0.2, -0.15) is 0 Å². The molecule has 3 rings (SSSR count). The van der Waals surface area contributed by atoms with Crippen LogP contribution in [0, 0.1) is 0 Å². The van der Waals surface area contributed by atoms with E-state index in [4.69, 9.17) is 4.74 Å².